The number of thiocarbonyl (C=S) groups is 1. The zero-order valence-corrected chi connectivity index (χ0v) is 14.6. The van der Waals surface area contributed by atoms with Gasteiger partial charge in [-0.2, -0.15) is 0 Å². The second-order valence-corrected chi connectivity index (χ2v) is 6.80. The molecule has 7 nitrogen and oxygen atoms in total. The highest BCUT2D eigenvalue weighted by Gasteiger charge is 2.34. The van der Waals surface area contributed by atoms with Gasteiger partial charge in [0, 0.05) is 6.07 Å². The number of carbonyl (C=O) groups excluding carboxylic acids is 2. The van der Waals surface area contributed by atoms with Gasteiger partial charge < -0.3 is 4.74 Å². The van der Waals surface area contributed by atoms with Gasteiger partial charge in [0.05, 0.1) is 21.5 Å². The maximum Gasteiger partial charge on any atom is 0.326 e. The van der Waals surface area contributed by atoms with Crippen LogP contribution in [-0.4, -0.2) is 38.7 Å². The van der Waals surface area contributed by atoms with Crippen LogP contribution in [0.4, 0.5) is 5.69 Å². The number of esters is 1. The van der Waals surface area contributed by atoms with Crippen molar-refractivity contribution in [1.82, 2.24) is 4.90 Å². The first-order valence-corrected chi connectivity index (χ1v) is 8.20. The summed E-state index contributed by atoms with van der Waals surface area (Å²) in [5.74, 6) is -1.03. The Balaban J connectivity index is 2.23. The number of carbonyl (C=O) groups is 2. The van der Waals surface area contributed by atoms with E-state index in [9.17, 15) is 19.7 Å². The fourth-order valence-corrected chi connectivity index (χ4v) is 3.23. The standard InChI is InChI=1S/C15H14N2O5S2/c1-9(2)22-13(18)8-16-14(19)12(24-15(16)23)7-10-5-3-4-6-11(10)17(20)21/h3-7,9H,8H2,1-2H3. The molecule has 0 saturated carbocycles. The quantitative estimate of drug-likeness (QED) is 0.260. The summed E-state index contributed by atoms with van der Waals surface area (Å²) >= 11 is 6.11. The molecule has 0 N–H and O–H groups in total. The Morgan fingerprint density at radius 3 is 2.75 bits per heavy atom. The zero-order chi connectivity index (χ0) is 17.9. The highest BCUT2D eigenvalue weighted by Crippen LogP contribution is 2.34. The van der Waals surface area contributed by atoms with E-state index in [0.717, 1.165) is 16.7 Å². The summed E-state index contributed by atoms with van der Waals surface area (Å²) < 4.78 is 5.22. The van der Waals surface area contributed by atoms with Gasteiger partial charge in [0.1, 0.15) is 10.9 Å². The summed E-state index contributed by atoms with van der Waals surface area (Å²) in [6.07, 6.45) is 1.11. The number of nitro groups is 1. The number of benzene rings is 1. The number of amides is 1. The number of rotatable bonds is 5. The van der Waals surface area contributed by atoms with Crippen molar-refractivity contribution >= 4 is 51.9 Å². The van der Waals surface area contributed by atoms with Gasteiger partial charge in [-0.05, 0) is 26.0 Å². The molecule has 1 aromatic carbocycles. The SMILES string of the molecule is CC(C)OC(=O)CN1C(=O)C(=Cc2ccccc2[N+](=O)[O-])SC1=S. The molecule has 0 aliphatic carbocycles. The molecule has 1 amide bonds. The van der Waals surface area contributed by atoms with Crippen molar-refractivity contribution in [2.45, 2.75) is 20.0 Å². The van der Waals surface area contributed by atoms with E-state index >= 15 is 0 Å². The van der Waals surface area contributed by atoms with Crippen LogP contribution < -0.4 is 0 Å². The third-order valence-electron chi connectivity index (χ3n) is 2.95. The van der Waals surface area contributed by atoms with Crippen LogP contribution >= 0.6 is 24.0 Å². The van der Waals surface area contributed by atoms with Crippen LogP contribution in [0.1, 0.15) is 19.4 Å². The van der Waals surface area contributed by atoms with Crippen LogP contribution in [0.25, 0.3) is 6.08 Å². The lowest BCUT2D eigenvalue weighted by molar-refractivity contribution is -0.385. The molecule has 0 atom stereocenters. The molecule has 1 aliphatic rings. The second-order valence-electron chi connectivity index (χ2n) is 5.12. The van der Waals surface area contributed by atoms with Gasteiger partial charge in [-0.1, -0.05) is 36.1 Å². The lowest BCUT2D eigenvalue weighted by atomic mass is 10.1. The number of ether oxygens (including phenoxy) is 1. The number of para-hydroxylation sites is 1. The third kappa shape index (κ3) is 4.18. The molecule has 1 aromatic rings. The van der Waals surface area contributed by atoms with Crippen LogP contribution in [0.3, 0.4) is 0 Å². The van der Waals surface area contributed by atoms with E-state index in [1.54, 1.807) is 26.0 Å². The Kier molecular flexibility index (Phi) is 5.68. The van der Waals surface area contributed by atoms with E-state index in [1.165, 1.54) is 18.2 Å². The van der Waals surface area contributed by atoms with E-state index in [1.807, 2.05) is 0 Å². The summed E-state index contributed by atoms with van der Waals surface area (Å²) in [5, 5.41) is 11.0. The fraction of sp³-hybridized carbons (Fsp3) is 0.267. The largest absolute Gasteiger partial charge is 0.462 e. The van der Waals surface area contributed by atoms with Gasteiger partial charge in [-0.3, -0.25) is 24.6 Å². The smallest absolute Gasteiger partial charge is 0.326 e. The van der Waals surface area contributed by atoms with Gasteiger partial charge in [-0.25, -0.2) is 0 Å². The van der Waals surface area contributed by atoms with E-state index in [0.29, 0.717) is 5.56 Å². The molecule has 0 radical (unpaired) electrons. The average Bonchev–Trinajstić information content (AvgIpc) is 2.74. The Hall–Kier alpha value is -2.26. The first-order chi connectivity index (χ1) is 11.3. The Morgan fingerprint density at radius 1 is 1.46 bits per heavy atom. The number of hydrogen-bond acceptors (Lipinski definition) is 7. The molecule has 1 fully saturated rings. The van der Waals surface area contributed by atoms with Crippen LogP contribution in [0, 0.1) is 10.1 Å². The summed E-state index contributed by atoms with van der Waals surface area (Å²) in [7, 11) is 0. The normalized spacial score (nSPS) is 16.1. The van der Waals surface area contributed by atoms with Crippen molar-refractivity contribution < 1.29 is 19.2 Å². The van der Waals surface area contributed by atoms with Crippen LogP contribution in [0.15, 0.2) is 29.2 Å². The van der Waals surface area contributed by atoms with E-state index in [-0.39, 0.29) is 27.6 Å². The lowest BCUT2D eigenvalue weighted by Crippen LogP contribution is -2.35. The summed E-state index contributed by atoms with van der Waals surface area (Å²) in [5.41, 5.74) is 0.190. The molecule has 1 heterocycles. The van der Waals surface area contributed by atoms with Gasteiger partial charge in [0.15, 0.2) is 0 Å². The highest BCUT2D eigenvalue weighted by molar-refractivity contribution is 8.26. The van der Waals surface area contributed by atoms with Crippen molar-refractivity contribution in [1.29, 1.82) is 0 Å². The second kappa shape index (κ2) is 7.54. The molecular formula is C15H14N2O5S2. The molecule has 0 spiro atoms. The lowest BCUT2D eigenvalue weighted by Gasteiger charge is -2.14. The topological polar surface area (TPSA) is 89.8 Å². The minimum absolute atomic E-state index is 0.109. The molecule has 126 valence electrons. The highest BCUT2D eigenvalue weighted by atomic mass is 32.2. The number of nitrogens with zero attached hydrogens (tertiary/aromatic N) is 2. The summed E-state index contributed by atoms with van der Waals surface area (Å²) in [6.45, 7) is 3.13. The average molecular weight is 366 g/mol. The van der Waals surface area contributed by atoms with Gasteiger partial charge in [0.2, 0.25) is 0 Å². The summed E-state index contributed by atoms with van der Waals surface area (Å²) in [4.78, 5) is 36.0. The molecule has 1 aliphatic heterocycles. The number of thioether (sulfide) groups is 1. The first kappa shape index (κ1) is 18.1. The predicted octanol–water partition coefficient (Wildman–Crippen LogP) is 2.75. The van der Waals surface area contributed by atoms with Crippen LogP contribution in [0.5, 0.6) is 0 Å². The minimum atomic E-state index is -0.562. The van der Waals surface area contributed by atoms with Crippen LogP contribution in [0.2, 0.25) is 0 Å². The van der Waals surface area contributed by atoms with E-state index in [2.05, 4.69) is 0 Å². The Morgan fingerprint density at radius 2 is 2.12 bits per heavy atom. The van der Waals surface area contributed by atoms with Gasteiger partial charge >= 0.3 is 5.97 Å². The molecule has 0 bridgehead atoms. The molecule has 24 heavy (non-hydrogen) atoms. The van der Waals surface area contributed by atoms with Crippen molar-refractivity contribution in [2.75, 3.05) is 6.54 Å². The predicted molar refractivity (Wildman–Crippen MR) is 94.2 cm³/mol. The zero-order valence-electron chi connectivity index (χ0n) is 12.9. The number of hydrogen-bond donors (Lipinski definition) is 0. The van der Waals surface area contributed by atoms with Crippen molar-refractivity contribution in [3.8, 4) is 0 Å². The first-order valence-electron chi connectivity index (χ1n) is 6.98. The van der Waals surface area contributed by atoms with Crippen molar-refractivity contribution in [2.24, 2.45) is 0 Å². The summed E-state index contributed by atoms with van der Waals surface area (Å²) in [6, 6.07) is 6.08. The van der Waals surface area contributed by atoms with E-state index < -0.39 is 16.8 Å². The maximum atomic E-state index is 12.4. The minimum Gasteiger partial charge on any atom is -0.462 e. The fourth-order valence-electron chi connectivity index (χ4n) is 1.98. The van der Waals surface area contributed by atoms with Crippen molar-refractivity contribution in [3.05, 3.63) is 44.8 Å². The molecule has 2 rings (SSSR count). The van der Waals surface area contributed by atoms with Crippen molar-refractivity contribution in [3.63, 3.8) is 0 Å². The Labute approximate surface area is 147 Å². The van der Waals surface area contributed by atoms with Gasteiger partial charge in [0.25, 0.3) is 11.6 Å². The monoisotopic (exact) mass is 366 g/mol. The molecule has 0 unspecified atom stereocenters. The molecule has 9 heteroatoms. The Bertz CT molecular complexity index is 745. The van der Waals surface area contributed by atoms with Crippen LogP contribution in [-0.2, 0) is 14.3 Å². The molecule has 0 aromatic heterocycles. The molecule has 1 saturated heterocycles. The third-order valence-corrected chi connectivity index (χ3v) is 4.33. The number of nitro benzene ring substituents is 1. The maximum absolute atomic E-state index is 12.4. The van der Waals surface area contributed by atoms with Gasteiger partial charge in [-0.15, -0.1) is 0 Å². The molecular weight excluding hydrogens is 352 g/mol. The van der Waals surface area contributed by atoms with E-state index in [4.69, 9.17) is 17.0 Å².